The predicted molar refractivity (Wildman–Crippen MR) is 60.5 cm³/mol. The molecule has 2 fully saturated rings. The summed E-state index contributed by atoms with van der Waals surface area (Å²) in [6.07, 6.45) is 7.19. The van der Waals surface area contributed by atoms with Gasteiger partial charge in [-0.3, -0.25) is 4.79 Å². The number of thioether (sulfide) groups is 1. The highest BCUT2D eigenvalue weighted by atomic mass is 32.2. The summed E-state index contributed by atoms with van der Waals surface area (Å²) in [4.78, 5) is 12.0. The summed E-state index contributed by atoms with van der Waals surface area (Å²) in [5, 5.41) is 3.20. The summed E-state index contributed by atoms with van der Waals surface area (Å²) in [6, 6.07) is 0.473. The van der Waals surface area contributed by atoms with E-state index in [0.717, 1.165) is 12.2 Å². The molecular weight excluding hydrogens is 194 g/mol. The zero-order valence-corrected chi connectivity index (χ0v) is 9.66. The van der Waals surface area contributed by atoms with Gasteiger partial charge in [-0.25, -0.2) is 0 Å². The lowest BCUT2D eigenvalue weighted by molar-refractivity contribution is -0.123. The fourth-order valence-electron chi connectivity index (χ4n) is 2.37. The van der Waals surface area contributed by atoms with Crippen LogP contribution in [0.15, 0.2) is 0 Å². The van der Waals surface area contributed by atoms with Crippen LogP contribution in [0.4, 0.5) is 0 Å². The summed E-state index contributed by atoms with van der Waals surface area (Å²) in [7, 11) is 0. The summed E-state index contributed by atoms with van der Waals surface area (Å²) in [5.41, 5.74) is 0. The van der Waals surface area contributed by atoms with E-state index in [4.69, 9.17) is 0 Å². The van der Waals surface area contributed by atoms with Gasteiger partial charge >= 0.3 is 0 Å². The van der Waals surface area contributed by atoms with Crippen molar-refractivity contribution in [1.29, 1.82) is 0 Å². The van der Waals surface area contributed by atoms with Crippen LogP contribution in [0.3, 0.4) is 0 Å². The van der Waals surface area contributed by atoms with Gasteiger partial charge in [0.15, 0.2) is 0 Å². The predicted octanol–water partition coefficient (Wildman–Crippen LogP) is 2.33. The molecule has 0 aromatic heterocycles. The molecule has 2 nitrogen and oxygen atoms in total. The number of carbonyl (C=O) groups is 1. The van der Waals surface area contributed by atoms with Gasteiger partial charge in [-0.15, -0.1) is 11.8 Å². The third-order valence-electron chi connectivity index (χ3n) is 3.39. The number of nitrogens with one attached hydrogen (secondary N) is 1. The average Bonchev–Trinajstić information content (AvgIpc) is 2.76. The number of hydrogen-bond donors (Lipinski definition) is 1. The zero-order chi connectivity index (χ0) is 10.0. The molecule has 0 bridgehead atoms. The summed E-state index contributed by atoms with van der Waals surface area (Å²) in [6.45, 7) is 2.09. The smallest absolute Gasteiger partial charge is 0.236 e. The lowest BCUT2D eigenvalue weighted by Gasteiger charge is -2.24. The minimum absolute atomic E-state index is 0.122. The van der Waals surface area contributed by atoms with Gasteiger partial charge < -0.3 is 5.32 Å². The molecule has 2 rings (SSSR count). The van der Waals surface area contributed by atoms with Crippen molar-refractivity contribution in [2.24, 2.45) is 0 Å². The van der Waals surface area contributed by atoms with Crippen molar-refractivity contribution in [3.05, 3.63) is 0 Å². The van der Waals surface area contributed by atoms with E-state index in [0.29, 0.717) is 6.04 Å². The molecule has 1 atom stereocenters. The first kappa shape index (κ1) is 10.3. The summed E-state index contributed by atoms with van der Waals surface area (Å²) < 4.78 is -0.122. The van der Waals surface area contributed by atoms with Gasteiger partial charge in [-0.05, 0) is 38.4 Å². The molecule has 0 aromatic rings. The van der Waals surface area contributed by atoms with Crippen molar-refractivity contribution in [3.8, 4) is 0 Å². The van der Waals surface area contributed by atoms with E-state index in [1.807, 2.05) is 11.8 Å². The Bertz CT molecular complexity index is 217. The van der Waals surface area contributed by atoms with Crippen molar-refractivity contribution < 1.29 is 4.79 Å². The Hall–Kier alpha value is -0.180. The highest BCUT2D eigenvalue weighted by molar-refractivity contribution is 8.01. The van der Waals surface area contributed by atoms with Gasteiger partial charge in [0.1, 0.15) is 0 Å². The van der Waals surface area contributed by atoms with Gasteiger partial charge in [-0.1, -0.05) is 12.8 Å². The Morgan fingerprint density at radius 3 is 2.64 bits per heavy atom. The van der Waals surface area contributed by atoms with Crippen molar-refractivity contribution >= 4 is 17.7 Å². The van der Waals surface area contributed by atoms with Crippen LogP contribution in [-0.2, 0) is 4.79 Å². The van der Waals surface area contributed by atoms with Crippen LogP contribution in [0, 0.1) is 0 Å². The Morgan fingerprint density at radius 2 is 2.07 bits per heavy atom. The van der Waals surface area contributed by atoms with Crippen LogP contribution in [0.2, 0.25) is 0 Å². The van der Waals surface area contributed by atoms with E-state index in [-0.39, 0.29) is 10.7 Å². The molecule has 1 aliphatic carbocycles. The zero-order valence-electron chi connectivity index (χ0n) is 8.84. The lowest BCUT2D eigenvalue weighted by atomic mass is 10.0. The summed E-state index contributed by atoms with van der Waals surface area (Å²) >= 11 is 1.82. The van der Waals surface area contributed by atoms with E-state index in [1.54, 1.807) is 0 Å². The Kier molecular flexibility index (Phi) is 3.05. The van der Waals surface area contributed by atoms with Gasteiger partial charge in [0.05, 0.1) is 4.75 Å². The first-order valence-corrected chi connectivity index (χ1v) is 6.64. The molecule has 1 N–H and O–H groups in total. The molecule has 1 amide bonds. The second-order valence-electron chi connectivity index (χ2n) is 4.64. The van der Waals surface area contributed by atoms with E-state index in [1.165, 1.54) is 32.1 Å². The molecule has 2 aliphatic rings. The Balaban J connectivity index is 1.87. The fourth-order valence-corrected chi connectivity index (χ4v) is 3.58. The molecule has 0 radical (unpaired) electrons. The number of amides is 1. The second kappa shape index (κ2) is 4.13. The molecule has 14 heavy (non-hydrogen) atoms. The molecule has 1 saturated heterocycles. The van der Waals surface area contributed by atoms with E-state index in [2.05, 4.69) is 12.2 Å². The highest BCUT2D eigenvalue weighted by Gasteiger charge is 2.38. The van der Waals surface area contributed by atoms with Crippen LogP contribution in [0.5, 0.6) is 0 Å². The first-order valence-electron chi connectivity index (χ1n) is 5.66. The van der Waals surface area contributed by atoms with Gasteiger partial charge in [0.25, 0.3) is 0 Å². The van der Waals surface area contributed by atoms with Crippen LogP contribution in [0.1, 0.15) is 45.4 Å². The quantitative estimate of drug-likeness (QED) is 0.763. The largest absolute Gasteiger partial charge is 0.352 e. The van der Waals surface area contributed by atoms with E-state index >= 15 is 0 Å². The van der Waals surface area contributed by atoms with Gasteiger partial charge in [-0.2, -0.15) is 0 Å². The molecule has 0 aromatic carbocycles. The van der Waals surface area contributed by atoms with Crippen molar-refractivity contribution in [2.45, 2.75) is 56.2 Å². The highest BCUT2D eigenvalue weighted by Crippen LogP contribution is 2.38. The maximum absolute atomic E-state index is 12.0. The number of rotatable bonds is 2. The van der Waals surface area contributed by atoms with Gasteiger partial charge in [0.2, 0.25) is 5.91 Å². The maximum Gasteiger partial charge on any atom is 0.236 e. The number of carbonyl (C=O) groups excluding carboxylic acids is 1. The van der Waals surface area contributed by atoms with Crippen LogP contribution in [-0.4, -0.2) is 22.4 Å². The molecule has 1 saturated carbocycles. The van der Waals surface area contributed by atoms with Crippen molar-refractivity contribution in [1.82, 2.24) is 5.32 Å². The lowest BCUT2D eigenvalue weighted by Crippen LogP contribution is -2.44. The van der Waals surface area contributed by atoms with Crippen molar-refractivity contribution in [3.63, 3.8) is 0 Å². The molecular formula is C11H19NOS. The normalized spacial score (nSPS) is 33.5. The monoisotopic (exact) mass is 213 g/mol. The molecule has 1 aliphatic heterocycles. The Labute approximate surface area is 90.2 Å². The summed E-state index contributed by atoms with van der Waals surface area (Å²) in [5.74, 6) is 1.43. The average molecular weight is 213 g/mol. The third-order valence-corrected chi connectivity index (χ3v) is 4.91. The molecule has 80 valence electrons. The van der Waals surface area contributed by atoms with E-state index in [9.17, 15) is 4.79 Å². The van der Waals surface area contributed by atoms with Gasteiger partial charge in [0, 0.05) is 6.04 Å². The standard InChI is InChI=1S/C11H19NOS/c1-11(7-4-8-14-11)10(13)12-9-5-2-3-6-9/h9H,2-8H2,1H3,(H,12,13). The Morgan fingerprint density at radius 1 is 1.36 bits per heavy atom. The molecule has 1 unspecified atom stereocenters. The topological polar surface area (TPSA) is 29.1 Å². The first-order chi connectivity index (χ1) is 6.71. The minimum atomic E-state index is -0.122. The van der Waals surface area contributed by atoms with E-state index < -0.39 is 0 Å². The molecule has 0 spiro atoms. The van der Waals surface area contributed by atoms with Crippen LogP contribution in [0.25, 0.3) is 0 Å². The minimum Gasteiger partial charge on any atom is -0.352 e. The molecule has 1 heterocycles. The SMILES string of the molecule is CC1(C(=O)NC2CCCC2)CCCS1. The third kappa shape index (κ3) is 2.08. The fraction of sp³-hybridized carbons (Fsp3) is 0.909. The maximum atomic E-state index is 12.0. The molecule has 3 heteroatoms. The second-order valence-corrected chi connectivity index (χ2v) is 6.24. The van der Waals surface area contributed by atoms with Crippen LogP contribution < -0.4 is 5.32 Å². The van der Waals surface area contributed by atoms with Crippen LogP contribution >= 0.6 is 11.8 Å². The van der Waals surface area contributed by atoms with Crippen molar-refractivity contribution in [2.75, 3.05) is 5.75 Å². The number of hydrogen-bond acceptors (Lipinski definition) is 2.